The minimum absolute atomic E-state index is 0.147. The van der Waals surface area contributed by atoms with Crippen molar-refractivity contribution >= 4 is 0 Å². The summed E-state index contributed by atoms with van der Waals surface area (Å²) in [6, 6.07) is 13.7. The minimum Gasteiger partial charge on any atom is -0.478 e. The van der Waals surface area contributed by atoms with Gasteiger partial charge in [-0.1, -0.05) is 36.3 Å². The largest absolute Gasteiger partial charge is 0.478 e. The van der Waals surface area contributed by atoms with Gasteiger partial charge in [-0.25, -0.2) is 4.98 Å². The van der Waals surface area contributed by atoms with Crippen molar-refractivity contribution in [3.05, 3.63) is 59.3 Å². The molecule has 5 heteroatoms. The van der Waals surface area contributed by atoms with Gasteiger partial charge in [-0.15, -0.1) is 6.42 Å². The number of benzene rings is 1. The normalized spacial score (nSPS) is 27.6. The lowest BCUT2D eigenvalue weighted by molar-refractivity contribution is -0.143. The average Bonchev–Trinajstić information content (AvgIpc) is 2.78. The highest BCUT2D eigenvalue weighted by Crippen LogP contribution is 2.47. The quantitative estimate of drug-likeness (QED) is 0.540. The maximum atomic E-state index is 12.0. The molecule has 158 valence electrons. The predicted molar refractivity (Wildman–Crippen MR) is 116 cm³/mol. The summed E-state index contributed by atoms with van der Waals surface area (Å²) in [6.45, 7) is 3.09. The third-order valence-electron chi connectivity index (χ3n) is 6.43. The highest BCUT2D eigenvalue weighted by molar-refractivity contribution is 5.39. The molecule has 3 saturated heterocycles. The maximum absolute atomic E-state index is 12.0. The van der Waals surface area contributed by atoms with Crippen LogP contribution in [0, 0.1) is 18.3 Å². The Morgan fingerprint density at radius 2 is 1.93 bits per heavy atom. The molecule has 3 fully saturated rings. The third-order valence-corrected chi connectivity index (χ3v) is 6.43. The maximum Gasteiger partial charge on any atom is 0.213 e. The molecule has 30 heavy (non-hydrogen) atoms. The van der Waals surface area contributed by atoms with Gasteiger partial charge >= 0.3 is 0 Å². The highest BCUT2D eigenvalue weighted by Gasteiger charge is 2.54. The van der Waals surface area contributed by atoms with Gasteiger partial charge in [-0.05, 0) is 43.5 Å². The molecule has 2 aromatic rings. The summed E-state index contributed by atoms with van der Waals surface area (Å²) in [5, 5.41) is 12.0. The van der Waals surface area contributed by atoms with E-state index in [2.05, 4.69) is 23.0 Å². The second-order valence-electron chi connectivity index (χ2n) is 8.21. The van der Waals surface area contributed by atoms with Gasteiger partial charge in [0.1, 0.15) is 11.6 Å². The van der Waals surface area contributed by atoms with Crippen molar-refractivity contribution in [3.8, 4) is 18.2 Å². The standard InChI is InChI=1S/C25H30N2O3/c1-3-23-25(28,20-12-14-27(23)15-13-20)21-10-11-24(30-17-7-16-29-2)26-22(21)18-19-8-5-4-6-9-19/h1,4-6,8-11,20,23,28H,7,12-18H2,2H3/t23?,25-/m1/s1. The molecule has 2 bridgehead atoms. The van der Waals surface area contributed by atoms with Crippen LogP contribution in [0.5, 0.6) is 5.88 Å². The number of methoxy groups -OCH3 is 1. The van der Waals surface area contributed by atoms with Crippen LogP contribution < -0.4 is 4.74 Å². The lowest BCUT2D eigenvalue weighted by Gasteiger charge is -2.54. The molecule has 3 aliphatic rings. The molecule has 4 heterocycles. The fraction of sp³-hybridized carbons (Fsp3) is 0.480. The summed E-state index contributed by atoms with van der Waals surface area (Å²) in [5.74, 6) is 3.60. The van der Waals surface area contributed by atoms with Gasteiger partial charge in [0, 0.05) is 38.2 Å². The molecular formula is C25H30N2O3. The van der Waals surface area contributed by atoms with E-state index < -0.39 is 5.60 Å². The number of pyridine rings is 1. The molecule has 1 unspecified atom stereocenters. The van der Waals surface area contributed by atoms with Crippen molar-refractivity contribution in [1.29, 1.82) is 0 Å². The minimum atomic E-state index is -1.09. The van der Waals surface area contributed by atoms with E-state index in [9.17, 15) is 5.11 Å². The molecule has 2 atom stereocenters. The molecule has 0 radical (unpaired) electrons. The monoisotopic (exact) mass is 406 g/mol. The van der Waals surface area contributed by atoms with Gasteiger partial charge in [0.25, 0.3) is 0 Å². The molecule has 1 N–H and O–H groups in total. The number of aliphatic hydroxyl groups is 1. The van der Waals surface area contributed by atoms with Crippen LogP contribution in [-0.4, -0.2) is 54.4 Å². The first-order valence-corrected chi connectivity index (χ1v) is 10.8. The van der Waals surface area contributed by atoms with Crippen molar-refractivity contribution in [1.82, 2.24) is 9.88 Å². The number of rotatable bonds is 8. The lowest BCUT2D eigenvalue weighted by atomic mass is 9.66. The first-order chi connectivity index (χ1) is 14.7. The van der Waals surface area contributed by atoms with E-state index in [1.165, 1.54) is 0 Å². The molecule has 0 saturated carbocycles. The highest BCUT2D eigenvalue weighted by atomic mass is 16.5. The van der Waals surface area contributed by atoms with Crippen molar-refractivity contribution in [2.75, 3.05) is 33.4 Å². The Morgan fingerprint density at radius 3 is 2.63 bits per heavy atom. The van der Waals surface area contributed by atoms with Gasteiger partial charge in [0.15, 0.2) is 0 Å². The van der Waals surface area contributed by atoms with E-state index in [1.54, 1.807) is 7.11 Å². The Kier molecular flexibility index (Phi) is 6.38. The Hall–Kier alpha value is -2.39. The molecule has 3 aliphatic heterocycles. The smallest absolute Gasteiger partial charge is 0.213 e. The molecule has 0 aliphatic carbocycles. The molecule has 1 aromatic carbocycles. The number of fused-ring (bicyclic) bond motifs is 3. The number of hydrogen-bond acceptors (Lipinski definition) is 5. The lowest BCUT2D eigenvalue weighted by Crippen LogP contribution is -2.63. The zero-order valence-corrected chi connectivity index (χ0v) is 17.6. The number of ether oxygens (including phenoxy) is 2. The summed E-state index contributed by atoms with van der Waals surface area (Å²) in [5.41, 5.74) is 1.73. The molecule has 0 amide bonds. The zero-order chi connectivity index (χ0) is 21.0. The van der Waals surface area contributed by atoms with Gasteiger partial charge in [0.2, 0.25) is 5.88 Å². The van der Waals surface area contributed by atoms with Gasteiger partial charge in [-0.3, -0.25) is 4.90 Å². The Balaban J connectivity index is 1.70. The van der Waals surface area contributed by atoms with Gasteiger partial charge in [-0.2, -0.15) is 0 Å². The number of nitrogens with zero attached hydrogens (tertiary/aromatic N) is 2. The SMILES string of the molecule is C#CC1N2CCC(CC2)[C@@]1(O)c1ccc(OCCCOC)nc1Cc1ccccc1. The molecule has 1 aromatic heterocycles. The second-order valence-corrected chi connectivity index (χ2v) is 8.21. The summed E-state index contributed by atoms with van der Waals surface area (Å²) < 4.78 is 10.9. The van der Waals surface area contributed by atoms with E-state index in [1.807, 2.05) is 30.3 Å². The topological polar surface area (TPSA) is 54.8 Å². The van der Waals surface area contributed by atoms with E-state index in [-0.39, 0.29) is 12.0 Å². The van der Waals surface area contributed by atoms with E-state index >= 15 is 0 Å². The van der Waals surface area contributed by atoms with Crippen LogP contribution in [0.25, 0.3) is 0 Å². The van der Waals surface area contributed by atoms with Crippen molar-refractivity contribution in [2.24, 2.45) is 5.92 Å². The number of piperidine rings is 3. The number of hydrogen-bond donors (Lipinski definition) is 1. The predicted octanol–water partition coefficient (Wildman–Crippen LogP) is 3.00. The van der Waals surface area contributed by atoms with Crippen molar-refractivity contribution in [3.63, 3.8) is 0 Å². The molecule has 0 spiro atoms. The Labute approximate surface area is 179 Å². The fourth-order valence-electron chi connectivity index (χ4n) is 4.93. The van der Waals surface area contributed by atoms with E-state index in [0.717, 1.165) is 49.2 Å². The van der Waals surface area contributed by atoms with Crippen LogP contribution in [0.2, 0.25) is 0 Å². The Morgan fingerprint density at radius 1 is 1.17 bits per heavy atom. The number of terminal acetylenes is 1. The Bertz CT molecular complexity index is 887. The second kappa shape index (κ2) is 9.18. The van der Waals surface area contributed by atoms with Crippen LogP contribution in [0.3, 0.4) is 0 Å². The molecule has 5 rings (SSSR count). The molecule has 5 nitrogen and oxygen atoms in total. The summed E-state index contributed by atoms with van der Waals surface area (Å²) in [6.07, 6.45) is 9.25. The van der Waals surface area contributed by atoms with E-state index in [4.69, 9.17) is 20.9 Å². The van der Waals surface area contributed by atoms with Gasteiger partial charge in [0.05, 0.1) is 12.3 Å². The number of aromatic nitrogens is 1. The zero-order valence-electron chi connectivity index (χ0n) is 17.6. The first kappa shape index (κ1) is 20.9. The summed E-state index contributed by atoms with van der Waals surface area (Å²) in [7, 11) is 1.68. The average molecular weight is 407 g/mol. The van der Waals surface area contributed by atoms with Crippen LogP contribution >= 0.6 is 0 Å². The van der Waals surface area contributed by atoms with E-state index in [0.29, 0.717) is 25.5 Å². The van der Waals surface area contributed by atoms with Crippen LogP contribution in [-0.2, 0) is 16.8 Å². The van der Waals surface area contributed by atoms with Crippen molar-refractivity contribution in [2.45, 2.75) is 37.3 Å². The summed E-state index contributed by atoms with van der Waals surface area (Å²) in [4.78, 5) is 7.07. The van der Waals surface area contributed by atoms with Crippen molar-refractivity contribution < 1.29 is 14.6 Å². The molecular weight excluding hydrogens is 376 g/mol. The summed E-state index contributed by atoms with van der Waals surface area (Å²) >= 11 is 0. The van der Waals surface area contributed by atoms with Crippen LogP contribution in [0.4, 0.5) is 0 Å². The fourth-order valence-corrected chi connectivity index (χ4v) is 4.93. The first-order valence-electron chi connectivity index (χ1n) is 10.8. The van der Waals surface area contributed by atoms with Crippen LogP contribution in [0.1, 0.15) is 36.1 Å². The van der Waals surface area contributed by atoms with Crippen LogP contribution in [0.15, 0.2) is 42.5 Å². The van der Waals surface area contributed by atoms with Gasteiger partial charge < -0.3 is 14.6 Å². The third kappa shape index (κ3) is 3.96.